The normalized spacial score (nSPS) is 27.0. The molecule has 3 N–H and O–H groups in total. The minimum absolute atomic E-state index is 0.174. The molecule has 0 saturated carbocycles. The molecule has 1 atom stereocenters. The van der Waals surface area contributed by atoms with Crippen molar-refractivity contribution in [2.45, 2.75) is 44.2 Å². The van der Waals surface area contributed by atoms with Crippen LogP contribution in [-0.4, -0.2) is 72.4 Å². The second-order valence-corrected chi connectivity index (χ2v) is 8.38. The molecule has 1 aromatic rings. The van der Waals surface area contributed by atoms with Crippen LogP contribution in [-0.2, 0) is 4.74 Å². The number of aromatic nitrogens is 1. The van der Waals surface area contributed by atoms with E-state index in [4.69, 9.17) is 10.5 Å². The molecule has 1 spiro atoms. The molecule has 7 nitrogen and oxygen atoms in total. The van der Waals surface area contributed by atoms with Crippen LogP contribution in [0.2, 0.25) is 0 Å². The number of nitrogens with two attached hydrogens (primary N) is 1. The van der Waals surface area contributed by atoms with Gasteiger partial charge >= 0.3 is 0 Å². The van der Waals surface area contributed by atoms with Gasteiger partial charge in [0, 0.05) is 57.2 Å². The molecule has 1 amide bonds. The summed E-state index contributed by atoms with van der Waals surface area (Å²) in [6.45, 7) is 5.31. The number of pyridine rings is 1. The predicted molar refractivity (Wildman–Crippen MR) is 103 cm³/mol. The number of amides is 1. The first-order valence-corrected chi connectivity index (χ1v) is 10.1. The summed E-state index contributed by atoms with van der Waals surface area (Å²) in [6.07, 6.45) is 6.49. The molecule has 3 saturated heterocycles. The number of carbonyl (C=O) groups is 1. The summed E-state index contributed by atoms with van der Waals surface area (Å²) >= 11 is 0. The van der Waals surface area contributed by atoms with Gasteiger partial charge in [-0.25, -0.2) is 4.98 Å². The van der Waals surface area contributed by atoms with E-state index in [9.17, 15) is 9.90 Å². The number of β-amino-alcohol motifs (C(OH)–C–C–N with tert-alkyl or cyclic N) is 1. The summed E-state index contributed by atoms with van der Waals surface area (Å²) in [6, 6.07) is 3.97. The Morgan fingerprint density at radius 2 is 2.04 bits per heavy atom. The molecule has 7 heteroatoms. The molecule has 3 aliphatic rings. The van der Waals surface area contributed by atoms with Crippen molar-refractivity contribution in [1.82, 2.24) is 9.88 Å². The lowest BCUT2D eigenvalue weighted by Crippen LogP contribution is -2.57. The molecule has 0 radical (unpaired) electrons. The Hall–Kier alpha value is -1.70. The van der Waals surface area contributed by atoms with Crippen LogP contribution < -0.4 is 10.6 Å². The van der Waals surface area contributed by atoms with Gasteiger partial charge in [-0.05, 0) is 49.7 Å². The molecule has 3 aliphatic heterocycles. The van der Waals surface area contributed by atoms with E-state index >= 15 is 0 Å². The number of ether oxygens (including phenoxy) is 1. The first kappa shape index (κ1) is 18.7. The number of likely N-dealkylation sites (tertiary alicyclic amines) is 1. The SMILES string of the molecule is NC(=O)c1ccnc(N2CCC3(CC2)CC(O)CN(C2CCOCC2)C3)c1. The van der Waals surface area contributed by atoms with E-state index in [1.54, 1.807) is 18.3 Å². The summed E-state index contributed by atoms with van der Waals surface area (Å²) in [4.78, 5) is 20.6. The number of aliphatic hydroxyl groups excluding tert-OH is 1. The Labute approximate surface area is 160 Å². The van der Waals surface area contributed by atoms with Crippen LogP contribution in [0.5, 0.6) is 0 Å². The number of hydrogen-bond donors (Lipinski definition) is 2. The maximum absolute atomic E-state index is 11.4. The molecule has 4 rings (SSSR count). The lowest BCUT2D eigenvalue weighted by atomic mass is 9.71. The average Bonchev–Trinajstić information content (AvgIpc) is 2.69. The third kappa shape index (κ3) is 4.10. The van der Waals surface area contributed by atoms with E-state index < -0.39 is 5.91 Å². The number of carbonyl (C=O) groups excluding carboxylic acids is 1. The van der Waals surface area contributed by atoms with Crippen molar-refractivity contribution >= 4 is 11.7 Å². The minimum atomic E-state index is -0.422. The maximum atomic E-state index is 11.4. The molecule has 0 aliphatic carbocycles. The standard InChI is InChI=1S/C20H30N4O3/c21-19(26)15-1-6-22-18(11-15)23-7-4-20(5-8-23)12-17(25)13-24(14-20)16-2-9-27-10-3-16/h1,6,11,16-17,25H,2-5,7-10,12-14H2,(H2,21,26). The number of aliphatic hydroxyl groups is 1. The van der Waals surface area contributed by atoms with Crippen LogP contribution in [0.1, 0.15) is 42.5 Å². The minimum Gasteiger partial charge on any atom is -0.392 e. The van der Waals surface area contributed by atoms with E-state index in [2.05, 4.69) is 14.8 Å². The fourth-order valence-corrected chi connectivity index (χ4v) is 5.04. The Morgan fingerprint density at radius 1 is 1.30 bits per heavy atom. The molecule has 4 heterocycles. The van der Waals surface area contributed by atoms with E-state index in [0.29, 0.717) is 11.6 Å². The quantitative estimate of drug-likeness (QED) is 0.821. The first-order chi connectivity index (χ1) is 13.0. The van der Waals surface area contributed by atoms with Crippen molar-refractivity contribution in [2.24, 2.45) is 11.1 Å². The summed E-state index contributed by atoms with van der Waals surface area (Å²) in [5.74, 6) is 0.397. The van der Waals surface area contributed by atoms with Crippen LogP contribution in [0.25, 0.3) is 0 Å². The zero-order valence-electron chi connectivity index (χ0n) is 15.8. The molecule has 1 unspecified atom stereocenters. The van der Waals surface area contributed by atoms with E-state index in [0.717, 1.165) is 77.3 Å². The number of rotatable bonds is 3. The predicted octanol–water partition coefficient (Wildman–Crippen LogP) is 1.01. The molecule has 3 fully saturated rings. The largest absolute Gasteiger partial charge is 0.392 e. The van der Waals surface area contributed by atoms with Crippen LogP contribution >= 0.6 is 0 Å². The van der Waals surface area contributed by atoms with Crippen molar-refractivity contribution in [3.8, 4) is 0 Å². The van der Waals surface area contributed by atoms with Gasteiger partial charge in [0.2, 0.25) is 5.91 Å². The third-order valence-corrected chi connectivity index (χ3v) is 6.54. The summed E-state index contributed by atoms with van der Waals surface area (Å²) in [5, 5.41) is 10.6. The van der Waals surface area contributed by atoms with Gasteiger partial charge in [-0.1, -0.05) is 0 Å². The molecule has 27 heavy (non-hydrogen) atoms. The Balaban J connectivity index is 1.42. The highest BCUT2D eigenvalue weighted by molar-refractivity contribution is 5.93. The average molecular weight is 374 g/mol. The highest BCUT2D eigenvalue weighted by atomic mass is 16.5. The zero-order valence-corrected chi connectivity index (χ0v) is 15.8. The monoisotopic (exact) mass is 374 g/mol. The first-order valence-electron chi connectivity index (χ1n) is 10.1. The Kier molecular flexibility index (Phi) is 5.34. The van der Waals surface area contributed by atoms with Crippen molar-refractivity contribution in [2.75, 3.05) is 44.3 Å². The molecule has 0 aromatic carbocycles. The van der Waals surface area contributed by atoms with E-state index in [1.165, 1.54) is 0 Å². The Bertz CT molecular complexity index is 669. The van der Waals surface area contributed by atoms with Gasteiger partial charge in [-0.3, -0.25) is 9.69 Å². The molecule has 1 aromatic heterocycles. The van der Waals surface area contributed by atoms with Gasteiger partial charge in [0.1, 0.15) is 5.82 Å². The smallest absolute Gasteiger partial charge is 0.248 e. The zero-order chi connectivity index (χ0) is 18.9. The van der Waals surface area contributed by atoms with Crippen LogP contribution in [0, 0.1) is 5.41 Å². The van der Waals surface area contributed by atoms with Gasteiger partial charge < -0.3 is 20.5 Å². The molecular formula is C20H30N4O3. The van der Waals surface area contributed by atoms with Crippen molar-refractivity contribution in [3.05, 3.63) is 23.9 Å². The molecule has 0 bridgehead atoms. The highest BCUT2D eigenvalue weighted by Gasteiger charge is 2.43. The number of hydrogen-bond acceptors (Lipinski definition) is 6. The lowest BCUT2D eigenvalue weighted by Gasteiger charge is -2.51. The van der Waals surface area contributed by atoms with Gasteiger partial charge in [0.15, 0.2) is 0 Å². The summed E-state index contributed by atoms with van der Waals surface area (Å²) in [7, 11) is 0. The number of nitrogens with zero attached hydrogens (tertiary/aromatic N) is 3. The number of anilines is 1. The topological polar surface area (TPSA) is 91.9 Å². The third-order valence-electron chi connectivity index (χ3n) is 6.54. The Morgan fingerprint density at radius 3 is 2.74 bits per heavy atom. The summed E-state index contributed by atoms with van der Waals surface area (Å²) < 4.78 is 5.51. The molecule has 148 valence electrons. The van der Waals surface area contributed by atoms with Crippen LogP contribution in [0.15, 0.2) is 18.3 Å². The fraction of sp³-hybridized carbons (Fsp3) is 0.700. The van der Waals surface area contributed by atoms with Gasteiger partial charge in [-0.2, -0.15) is 0 Å². The van der Waals surface area contributed by atoms with E-state index in [-0.39, 0.29) is 11.5 Å². The fourth-order valence-electron chi connectivity index (χ4n) is 5.04. The van der Waals surface area contributed by atoms with Crippen molar-refractivity contribution in [1.29, 1.82) is 0 Å². The number of piperidine rings is 2. The van der Waals surface area contributed by atoms with Gasteiger partial charge in [-0.15, -0.1) is 0 Å². The van der Waals surface area contributed by atoms with Crippen LogP contribution in [0.4, 0.5) is 5.82 Å². The molecular weight excluding hydrogens is 344 g/mol. The van der Waals surface area contributed by atoms with Crippen molar-refractivity contribution < 1.29 is 14.6 Å². The summed E-state index contributed by atoms with van der Waals surface area (Å²) in [5.41, 5.74) is 6.07. The number of primary amides is 1. The van der Waals surface area contributed by atoms with Crippen LogP contribution in [0.3, 0.4) is 0 Å². The van der Waals surface area contributed by atoms with Gasteiger partial charge in [0.05, 0.1) is 6.10 Å². The van der Waals surface area contributed by atoms with Crippen molar-refractivity contribution in [3.63, 3.8) is 0 Å². The van der Waals surface area contributed by atoms with E-state index in [1.807, 2.05) is 0 Å². The maximum Gasteiger partial charge on any atom is 0.248 e. The highest BCUT2D eigenvalue weighted by Crippen LogP contribution is 2.41. The second-order valence-electron chi connectivity index (χ2n) is 8.38. The second kappa shape index (κ2) is 7.73. The van der Waals surface area contributed by atoms with Gasteiger partial charge in [0.25, 0.3) is 0 Å². The lowest BCUT2D eigenvalue weighted by molar-refractivity contribution is -0.0602.